The third-order valence-corrected chi connectivity index (χ3v) is 6.48. The third-order valence-electron chi connectivity index (χ3n) is 6.48. The van der Waals surface area contributed by atoms with Crippen LogP contribution in [-0.2, 0) is 11.2 Å². The van der Waals surface area contributed by atoms with Crippen LogP contribution in [0, 0.1) is 23.7 Å². The largest absolute Gasteiger partial charge is 0.493 e. The van der Waals surface area contributed by atoms with Gasteiger partial charge in [0, 0.05) is 22.3 Å². The Kier molecular flexibility index (Phi) is 6.95. The molecule has 0 fully saturated rings. The fraction of sp³-hybridized carbons (Fsp3) is 0.176. The van der Waals surface area contributed by atoms with Crippen LogP contribution in [-0.4, -0.2) is 23.4 Å². The summed E-state index contributed by atoms with van der Waals surface area (Å²) in [7, 11) is 0. The number of hydrogen-bond donors (Lipinski definition) is 2. The minimum absolute atomic E-state index is 0.372. The molecular formula is C34H28O4. The summed E-state index contributed by atoms with van der Waals surface area (Å²) in [5.41, 5.74) is -0.562. The predicted octanol–water partition coefficient (Wildman–Crippen LogP) is 5.37. The van der Waals surface area contributed by atoms with Gasteiger partial charge in [0.2, 0.25) is 0 Å². The van der Waals surface area contributed by atoms with E-state index in [1.54, 1.807) is 36.4 Å². The topological polar surface area (TPSA) is 58.9 Å². The first kappa shape index (κ1) is 25.2. The van der Waals surface area contributed by atoms with Gasteiger partial charge in [-0.3, -0.25) is 0 Å². The van der Waals surface area contributed by atoms with E-state index < -0.39 is 11.2 Å². The zero-order valence-electron chi connectivity index (χ0n) is 21.4. The molecule has 0 saturated carbocycles. The van der Waals surface area contributed by atoms with Crippen LogP contribution in [0.3, 0.4) is 0 Å². The molecule has 188 valence electrons. The van der Waals surface area contributed by atoms with E-state index in [0.29, 0.717) is 47.0 Å². The Balaban J connectivity index is 1.86. The average Bonchev–Trinajstić information content (AvgIpc) is 2.95. The zero-order valence-corrected chi connectivity index (χ0v) is 21.4. The van der Waals surface area contributed by atoms with E-state index in [-0.39, 0.29) is 0 Å². The highest BCUT2D eigenvalue weighted by atomic mass is 16.5. The fourth-order valence-corrected chi connectivity index (χ4v) is 4.86. The molecule has 1 aliphatic carbocycles. The van der Waals surface area contributed by atoms with Crippen LogP contribution >= 0.6 is 0 Å². The SMILES string of the molecule is CCOc1cccc2c1C(O)(C#Cc1ccccc1)c1cccc(OCC)c1C2(O)C#Cc1ccccc1. The first-order valence-corrected chi connectivity index (χ1v) is 12.7. The van der Waals surface area contributed by atoms with Gasteiger partial charge in [0.05, 0.1) is 24.3 Å². The minimum atomic E-state index is -1.81. The van der Waals surface area contributed by atoms with E-state index in [9.17, 15) is 10.2 Å². The summed E-state index contributed by atoms with van der Waals surface area (Å²) in [6.45, 7) is 4.50. The van der Waals surface area contributed by atoms with Crippen molar-refractivity contribution in [1.29, 1.82) is 0 Å². The Morgan fingerprint density at radius 1 is 0.553 bits per heavy atom. The van der Waals surface area contributed by atoms with Gasteiger partial charge in [-0.25, -0.2) is 0 Å². The van der Waals surface area contributed by atoms with Crippen molar-refractivity contribution < 1.29 is 19.7 Å². The maximum Gasteiger partial charge on any atom is 0.181 e. The van der Waals surface area contributed by atoms with Gasteiger partial charge >= 0.3 is 0 Å². The molecule has 4 aromatic carbocycles. The van der Waals surface area contributed by atoms with Gasteiger partial charge in [-0.15, -0.1) is 0 Å². The normalized spacial score (nSPS) is 19.1. The fourth-order valence-electron chi connectivity index (χ4n) is 4.86. The second-order valence-corrected chi connectivity index (χ2v) is 8.88. The van der Waals surface area contributed by atoms with Gasteiger partial charge in [-0.2, -0.15) is 0 Å². The average molecular weight is 501 g/mol. The lowest BCUT2D eigenvalue weighted by Crippen LogP contribution is -2.42. The van der Waals surface area contributed by atoms with Crippen molar-refractivity contribution in [3.8, 4) is 35.2 Å². The number of rotatable bonds is 4. The van der Waals surface area contributed by atoms with Crippen molar-refractivity contribution in [2.75, 3.05) is 13.2 Å². The molecule has 4 nitrogen and oxygen atoms in total. The Hall–Kier alpha value is -4.48. The molecule has 0 aromatic heterocycles. The van der Waals surface area contributed by atoms with Crippen LogP contribution in [0.15, 0.2) is 97.1 Å². The van der Waals surface area contributed by atoms with Crippen molar-refractivity contribution in [2.24, 2.45) is 0 Å². The van der Waals surface area contributed by atoms with E-state index in [0.717, 1.165) is 11.1 Å². The molecule has 0 saturated heterocycles. The Labute approximate surface area is 223 Å². The quantitative estimate of drug-likeness (QED) is 0.370. The monoisotopic (exact) mass is 500 g/mol. The first-order chi connectivity index (χ1) is 18.5. The molecule has 0 radical (unpaired) electrons. The zero-order chi connectivity index (χ0) is 26.6. The second kappa shape index (κ2) is 10.5. The van der Waals surface area contributed by atoms with Crippen molar-refractivity contribution in [1.82, 2.24) is 0 Å². The Morgan fingerprint density at radius 2 is 0.947 bits per heavy atom. The lowest BCUT2D eigenvalue weighted by atomic mass is 9.67. The Morgan fingerprint density at radius 3 is 1.32 bits per heavy atom. The number of hydrogen-bond acceptors (Lipinski definition) is 4. The highest BCUT2D eigenvalue weighted by Gasteiger charge is 2.51. The van der Waals surface area contributed by atoms with Crippen LogP contribution in [0.25, 0.3) is 0 Å². The summed E-state index contributed by atoms with van der Waals surface area (Å²) in [4.78, 5) is 0. The van der Waals surface area contributed by atoms with E-state index in [1.165, 1.54) is 0 Å². The lowest BCUT2D eigenvalue weighted by Gasteiger charge is -2.41. The molecule has 38 heavy (non-hydrogen) atoms. The van der Waals surface area contributed by atoms with Crippen molar-refractivity contribution in [2.45, 2.75) is 25.0 Å². The molecule has 1 aliphatic rings. The second-order valence-electron chi connectivity index (χ2n) is 8.88. The molecule has 0 bridgehead atoms. The summed E-state index contributed by atoms with van der Waals surface area (Å²) in [6.07, 6.45) is 0. The van der Waals surface area contributed by atoms with Crippen molar-refractivity contribution in [3.05, 3.63) is 130 Å². The molecule has 4 heteroatoms. The van der Waals surface area contributed by atoms with Gasteiger partial charge in [-0.05, 0) is 50.2 Å². The maximum atomic E-state index is 12.5. The van der Waals surface area contributed by atoms with E-state index >= 15 is 0 Å². The predicted molar refractivity (Wildman–Crippen MR) is 148 cm³/mol. The highest BCUT2D eigenvalue weighted by Crippen LogP contribution is 2.53. The molecule has 2 N–H and O–H groups in total. The van der Waals surface area contributed by atoms with Crippen LogP contribution in [0.1, 0.15) is 47.2 Å². The summed E-state index contributed by atoms with van der Waals surface area (Å²) >= 11 is 0. The van der Waals surface area contributed by atoms with E-state index in [4.69, 9.17) is 9.47 Å². The van der Waals surface area contributed by atoms with Gasteiger partial charge in [0.25, 0.3) is 0 Å². The van der Waals surface area contributed by atoms with Crippen molar-refractivity contribution in [3.63, 3.8) is 0 Å². The lowest BCUT2D eigenvalue weighted by molar-refractivity contribution is 0.0880. The smallest absolute Gasteiger partial charge is 0.181 e. The Bertz CT molecular complexity index is 1450. The van der Waals surface area contributed by atoms with Crippen molar-refractivity contribution >= 4 is 0 Å². The third kappa shape index (κ3) is 4.42. The minimum Gasteiger partial charge on any atom is -0.493 e. The van der Waals surface area contributed by atoms with Gasteiger partial charge in [0.1, 0.15) is 11.5 Å². The van der Waals surface area contributed by atoms with E-state index in [2.05, 4.69) is 23.7 Å². The summed E-state index contributed by atoms with van der Waals surface area (Å²) in [5.74, 6) is 13.4. The van der Waals surface area contributed by atoms with Crippen LogP contribution in [0.2, 0.25) is 0 Å². The number of ether oxygens (including phenoxy) is 2. The van der Waals surface area contributed by atoms with Gasteiger partial charge in [-0.1, -0.05) is 84.3 Å². The standard InChI is InChI=1S/C34H28O4/c1-3-37-29-19-11-17-27-31(29)33(35,23-21-25-13-7-5-8-14-25)28-18-12-20-30(38-4-2)32(28)34(27,36)24-22-26-15-9-6-10-16-26/h5-20,35-36H,3-4H2,1-2H3. The molecule has 0 heterocycles. The van der Waals surface area contributed by atoms with Crippen LogP contribution in [0.4, 0.5) is 0 Å². The molecule has 2 atom stereocenters. The first-order valence-electron chi connectivity index (χ1n) is 12.7. The van der Waals surface area contributed by atoms with E-state index in [1.807, 2.05) is 74.5 Å². The number of benzene rings is 4. The van der Waals surface area contributed by atoms with Crippen LogP contribution < -0.4 is 9.47 Å². The van der Waals surface area contributed by atoms with Gasteiger partial charge in [0.15, 0.2) is 11.2 Å². The molecule has 4 aromatic rings. The maximum absolute atomic E-state index is 12.5. The molecule has 0 amide bonds. The summed E-state index contributed by atoms with van der Waals surface area (Å²) in [6, 6.07) is 29.6. The summed E-state index contributed by atoms with van der Waals surface area (Å²) in [5, 5.41) is 25.0. The number of fused-ring (bicyclic) bond motifs is 2. The molecule has 2 unspecified atom stereocenters. The highest BCUT2D eigenvalue weighted by molar-refractivity contribution is 5.70. The summed E-state index contributed by atoms with van der Waals surface area (Å²) < 4.78 is 12.0. The number of aliphatic hydroxyl groups is 2. The molecule has 5 rings (SSSR count). The van der Waals surface area contributed by atoms with Gasteiger partial charge < -0.3 is 19.7 Å². The molecule has 0 spiro atoms. The van der Waals surface area contributed by atoms with Crippen LogP contribution in [0.5, 0.6) is 11.5 Å². The molecule has 0 aliphatic heterocycles. The molecular weight excluding hydrogens is 472 g/mol.